The highest BCUT2D eigenvalue weighted by molar-refractivity contribution is 5.80. The topological polar surface area (TPSA) is 43.8 Å². The smallest absolute Gasteiger partial charge is 0.251 e. The molecule has 17 heavy (non-hydrogen) atoms. The number of hydrogen-bond donors (Lipinski definition) is 1. The molecule has 0 spiro atoms. The van der Waals surface area contributed by atoms with Gasteiger partial charge in [0.05, 0.1) is 0 Å². The van der Waals surface area contributed by atoms with Crippen LogP contribution in [0.3, 0.4) is 0 Å². The largest absolute Gasteiger partial charge is 0.384 e. The molecular weight excluding hydrogens is 216 g/mol. The third-order valence-electron chi connectivity index (χ3n) is 3.65. The van der Waals surface area contributed by atoms with Crippen LogP contribution >= 0.6 is 0 Å². The molecule has 0 saturated carbocycles. The molecule has 0 unspecified atom stereocenters. The van der Waals surface area contributed by atoms with Crippen molar-refractivity contribution in [2.45, 2.75) is 40.2 Å². The van der Waals surface area contributed by atoms with E-state index in [-0.39, 0.29) is 5.91 Å². The SMILES string of the molecule is CCC(C)(C)CN1CCN(C(=O)[C@@H](C)O)CC1. The molecule has 0 aliphatic carbocycles. The Labute approximate surface area is 105 Å². The van der Waals surface area contributed by atoms with Gasteiger partial charge in [0.15, 0.2) is 0 Å². The van der Waals surface area contributed by atoms with E-state index in [0.717, 1.165) is 32.7 Å². The molecule has 1 fully saturated rings. The predicted molar refractivity (Wildman–Crippen MR) is 68.8 cm³/mol. The molecule has 0 radical (unpaired) electrons. The van der Waals surface area contributed by atoms with Crippen LogP contribution in [0, 0.1) is 5.41 Å². The van der Waals surface area contributed by atoms with Gasteiger partial charge in [-0.2, -0.15) is 0 Å². The van der Waals surface area contributed by atoms with E-state index in [1.807, 2.05) is 0 Å². The summed E-state index contributed by atoms with van der Waals surface area (Å²) in [5.41, 5.74) is 0.344. The summed E-state index contributed by atoms with van der Waals surface area (Å²) in [5.74, 6) is -0.139. The fraction of sp³-hybridized carbons (Fsp3) is 0.923. The van der Waals surface area contributed by atoms with E-state index in [9.17, 15) is 9.90 Å². The van der Waals surface area contributed by atoms with Crippen molar-refractivity contribution in [3.63, 3.8) is 0 Å². The van der Waals surface area contributed by atoms with Crippen LogP contribution in [0.1, 0.15) is 34.1 Å². The molecule has 0 aromatic carbocycles. The quantitative estimate of drug-likeness (QED) is 0.798. The van der Waals surface area contributed by atoms with Crippen LogP contribution in [-0.2, 0) is 4.79 Å². The molecule has 1 saturated heterocycles. The molecule has 0 bridgehead atoms. The maximum absolute atomic E-state index is 11.6. The van der Waals surface area contributed by atoms with Gasteiger partial charge in [0.25, 0.3) is 5.91 Å². The van der Waals surface area contributed by atoms with E-state index in [2.05, 4.69) is 25.7 Å². The first-order valence-electron chi connectivity index (χ1n) is 6.55. The lowest BCUT2D eigenvalue weighted by molar-refractivity contribution is -0.141. The summed E-state index contributed by atoms with van der Waals surface area (Å²) >= 11 is 0. The van der Waals surface area contributed by atoms with E-state index < -0.39 is 6.10 Å². The van der Waals surface area contributed by atoms with E-state index in [1.165, 1.54) is 13.3 Å². The molecule has 1 rings (SSSR count). The molecule has 100 valence electrons. The molecule has 1 amide bonds. The minimum atomic E-state index is -0.867. The van der Waals surface area contributed by atoms with Gasteiger partial charge in [-0.3, -0.25) is 9.69 Å². The second-order valence-electron chi connectivity index (χ2n) is 5.80. The van der Waals surface area contributed by atoms with E-state index >= 15 is 0 Å². The number of aliphatic hydroxyl groups is 1. The highest BCUT2D eigenvalue weighted by atomic mass is 16.3. The number of nitrogens with zero attached hydrogens (tertiary/aromatic N) is 2. The summed E-state index contributed by atoms with van der Waals surface area (Å²) in [6.07, 6.45) is 0.299. The Balaban J connectivity index is 2.38. The van der Waals surface area contributed by atoms with E-state index in [0.29, 0.717) is 5.41 Å². The number of piperazine rings is 1. The van der Waals surface area contributed by atoms with Gasteiger partial charge in [0, 0.05) is 32.7 Å². The Morgan fingerprint density at radius 3 is 2.24 bits per heavy atom. The van der Waals surface area contributed by atoms with Crippen molar-refractivity contribution in [3.8, 4) is 0 Å². The normalized spacial score (nSPS) is 20.4. The standard InChI is InChI=1S/C13H26N2O2/c1-5-13(3,4)10-14-6-8-15(9-7-14)12(17)11(2)16/h11,16H,5-10H2,1-4H3/t11-/m1/s1. The highest BCUT2D eigenvalue weighted by Crippen LogP contribution is 2.21. The molecule has 1 heterocycles. The van der Waals surface area contributed by atoms with Crippen molar-refractivity contribution in [2.75, 3.05) is 32.7 Å². The van der Waals surface area contributed by atoms with Crippen molar-refractivity contribution >= 4 is 5.91 Å². The Kier molecular flexibility index (Phi) is 4.95. The van der Waals surface area contributed by atoms with Crippen molar-refractivity contribution in [1.82, 2.24) is 9.80 Å². The van der Waals surface area contributed by atoms with E-state index in [1.54, 1.807) is 4.90 Å². The second kappa shape index (κ2) is 5.83. The fourth-order valence-corrected chi connectivity index (χ4v) is 2.11. The third kappa shape index (κ3) is 4.28. The van der Waals surface area contributed by atoms with Crippen molar-refractivity contribution in [3.05, 3.63) is 0 Å². The van der Waals surface area contributed by atoms with Crippen LogP contribution < -0.4 is 0 Å². The first-order chi connectivity index (χ1) is 7.85. The van der Waals surface area contributed by atoms with Crippen LogP contribution in [0.4, 0.5) is 0 Å². The number of hydrogen-bond acceptors (Lipinski definition) is 3. The molecule has 1 N–H and O–H groups in total. The Bertz CT molecular complexity index is 256. The first-order valence-corrected chi connectivity index (χ1v) is 6.55. The van der Waals surface area contributed by atoms with Crippen molar-refractivity contribution < 1.29 is 9.90 Å². The van der Waals surface area contributed by atoms with Gasteiger partial charge >= 0.3 is 0 Å². The first kappa shape index (κ1) is 14.5. The average Bonchev–Trinajstić information content (AvgIpc) is 2.28. The maximum Gasteiger partial charge on any atom is 0.251 e. The molecule has 1 atom stereocenters. The number of carbonyl (C=O) groups is 1. The lowest BCUT2D eigenvalue weighted by atomic mass is 9.89. The summed E-state index contributed by atoms with van der Waals surface area (Å²) in [7, 11) is 0. The van der Waals surface area contributed by atoms with Gasteiger partial charge in [-0.25, -0.2) is 0 Å². The van der Waals surface area contributed by atoms with E-state index in [4.69, 9.17) is 0 Å². The van der Waals surface area contributed by atoms with Crippen molar-refractivity contribution in [2.24, 2.45) is 5.41 Å². The predicted octanol–water partition coefficient (Wildman–Crippen LogP) is 0.948. The second-order valence-corrected chi connectivity index (χ2v) is 5.80. The maximum atomic E-state index is 11.6. The monoisotopic (exact) mass is 242 g/mol. The minimum absolute atomic E-state index is 0.139. The van der Waals surface area contributed by atoms with Crippen LogP contribution in [0.5, 0.6) is 0 Å². The zero-order chi connectivity index (χ0) is 13.1. The zero-order valence-corrected chi connectivity index (χ0v) is 11.6. The fourth-order valence-electron chi connectivity index (χ4n) is 2.11. The molecular formula is C13H26N2O2. The Hall–Kier alpha value is -0.610. The average molecular weight is 242 g/mol. The van der Waals surface area contributed by atoms with Crippen LogP contribution in [0.25, 0.3) is 0 Å². The number of aliphatic hydroxyl groups excluding tert-OH is 1. The van der Waals surface area contributed by atoms with Crippen LogP contribution in [0.2, 0.25) is 0 Å². The Morgan fingerprint density at radius 2 is 1.82 bits per heavy atom. The molecule has 1 aliphatic rings. The summed E-state index contributed by atoms with van der Waals surface area (Å²) in [4.78, 5) is 15.8. The van der Waals surface area contributed by atoms with Crippen LogP contribution in [-0.4, -0.2) is 59.6 Å². The van der Waals surface area contributed by atoms with Gasteiger partial charge in [-0.15, -0.1) is 0 Å². The zero-order valence-electron chi connectivity index (χ0n) is 11.6. The molecule has 4 heteroatoms. The molecule has 1 aliphatic heterocycles. The highest BCUT2D eigenvalue weighted by Gasteiger charge is 2.26. The summed E-state index contributed by atoms with van der Waals surface area (Å²) < 4.78 is 0. The van der Waals surface area contributed by atoms with Crippen LogP contribution in [0.15, 0.2) is 0 Å². The lowest BCUT2D eigenvalue weighted by Crippen LogP contribution is -2.52. The summed E-state index contributed by atoms with van der Waals surface area (Å²) in [6.45, 7) is 12.7. The summed E-state index contributed by atoms with van der Waals surface area (Å²) in [5, 5.41) is 9.26. The van der Waals surface area contributed by atoms with Gasteiger partial charge in [0.2, 0.25) is 0 Å². The molecule has 0 aromatic rings. The van der Waals surface area contributed by atoms with Gasteiger partial charge < -0.3 is 10.0 Å². The Morgan fingerprint density at radius 1 is 1.29 bits per heavy atom. The number of amides is 1. The summed E-state index contributed by atoms with van der Waals surface area (Å²) in [6, 6.07) is 0. The van der Waals surface area contributed by atoms with Gasteiger partial charge in [-0.05, 0) is 18.8 Å². The lowest BCUT2D eigenvalue weighted by Gasteiger charge is -2.39. The van der Waals surface area contributed by atoms with Crippen molar-refractivity contribution in [1.29, 1.82) is 0 Å². The van der Waals surface area contributed by atoms with Gasteiger partial charge in [-0.1, -0.05) is 20.8 Å². The molecule has 0 aromatic heterocycles. The molecule has 4 nitrogen and oxygen atoms in total. The number of rotatable bonds is 4. The third-order valence-corrected chi connectivity index (χ3v) is 3.65. The minimum Gasteiger partial charge on any atom is -0.384 e. The van der Waals surface area contributed by atoms with Gasteiger partial charge in [0.1, 0.15) is 6.10 Å². The number of carbonyl (C=O) groups excluding carboxylic acids is 1.